The second kappa shape index (κ2) is 3.89. The van der Waals surface area contributed by atoms with Crippen molar-refractivity contribution in [3.8, 4) is 5.75 Å². The van der Waals surface area contributed by atoms with Gasteiger partial charge in [-0.05, 0) is 32.0 Å². The van der Waals surface area contributed by atoms with Crippen molar-refractivity contribution in [2.24, 2.45) is 0 Å². The molecule has 1 aromatic heterocycles. The molecule has 4 heteroatoms. The molecule has 0 saturated carbocycles. The number of aromatic carboxylic acids is 1. The van der Waals surface area contributed by atoms with Gasteiger partial charge < -0.3 is 14.8 Å². The molecule has 1 aromatic carbocycles. The van der Waals surface area contributed by atoms with E-state index in [0.717, 1.165) is 16.7 Å². The Hall–Kier alpha value is -1.97. The van der Waals surface area contributed by atoms with Crippen LogP contribution in [0, 0.1) is 0 Å². The van der Waals surface area contributed by atoms with Crippen LogP contribution < -0.4 is 4.74 Å². The number of nitrogens with one attached hydrogen (secondary N) is 1. The maximum absolute atomic E-state index is 10.8. The largest absolute Gasteiger partial charge is 0.491 e. The van der Waals surface area contributed by atoms with Crippen molar-refractivity contribution >= 4 is 16.9 Å². The summed E-state index contributed by atoms with van der Waals surface area (Å²) >= 11 is 0. The minimum Gasteiger partial charge on any atom is -0.491 e. The number of ether oxygens (including phenoxy) is 1. The van der Waals surface area contributed by atoms with Crippen LogP contribution in [0.15, 0.2) is 24.3 Å². The maximum atomic E-state index is 10.8. The molecule has 0 aliphatic carbocycles. The highest BCUT2D eigenvalue weighted by atomic mass is 16.5. The number of aromatic amines is 1. The lowest BCUT2D eigenvalue weighted by atomic mass is 10.2. The van der Waals surface area contributed by atoms with Gasteiger partial charge in [-0.3, -0.25) is 0 Å². The van der Waals surface area contributed by atoms with Gasteiger partial charge in [0.1, 0.15) is 11.4 Å². The van der Waals surface area contributed by atoms with Crippen LogP contribution in [0.4, 0.5) is 0 Å². The SMILES string of the molecule is CC(C)Oc1ccc2cc(C(=O)O)[nH]c2c1. The summed E-state index contributed by atoms with van der Waals surface area (Å²) in [5, 5.41) is 9.71. The first kappa shape index (κ1) is 10.5. The van der Waals surface area contributed by atoms with Gasteiger partial charge in [0.25, 0.3) is 0 Å². The van der Waals surface area contributed by atoms with Crippen molar-refractivity contribution < 1.29 is 14.6 Å². The van der Waals surface area contributed by atoms with Crippen LogP contribution in [-0.2, 0) is 0 Å². The van der Waals surface area contributed by atoms with E-state index in [0.29, 0.717) is 0 Å². The van der Waals surface area contributed by atoms with Gasteiger partial charge in [0.15, 0.2) is 0 Å². The molecule has 0 atom stereocenters. The van der Waals surface area contributed by atoms with E-state index in [1.54, 1.807) is 6.07 Å². The molecular weight excluding hydrogens is 206 g/mol. The summed E-state index contributed by atoms with van der Waals surface area (Å²) in [6, 6.07) is 7.09. The average Bonchev–Trinajstić information content (AvgIpc) is 2.59. The fourth-order valence-corrected chi connectivity index (χ4v) is 1.57. The van der Waals surface area contributed by atoms with E-state index < -0.39 is 5.97 Å². The Bertz CT molecular complexity index is 528. The normalized spacial score (nSPS) is 10.9. The topological polar surface area (TPSA) is 62.3 Å². The molecule has 1 heterocycles. The maximum Gasteiger partial charge on any atom is 0.352 e. The third-order valence-corrected chi connectivity index (χ3v) is 2.20. The molecule has 2 rings (SSSR count). The fourth-order valence-electron chi connectivity index (χ4n) is 1.57. The Morgan fingerprint density at radius 1 is 1.38 bits per heavy atom. The Balaban J connectivity index is 2.41. The zero-order valence-corrected chi connectivity index (χ0v) is 9.15. The van der Waals surface area contributed by atoms with E-state index in [1.807, 2.05) is 32.0 Å². The lowest BCUT2D eigenvalue weighted by Crippen LogP contribution is -2.05. The Morgan fingerprint density at radius 3 is 2.75 bits per heavy atom. The van der Waals surface area contributed by atoms with Gasteiger partial charge in [0, 0.05) is 17.0 Å². The molecule has 0 aliphatic heterocycles. The van der Waals surface area contributed by atoms with Gasteiger partial charge in [-0.15, -0.1) is 0 Å². The first-order valence-electron chi connectivity index (χ1n) is 5.09. The summed E-state index contributed by atoms with van der Waals surface area (Å²) in [5.41, 5.74) is 0.965. The Kier molecular flexibility index (Phi) is 2.56. The zero-order chi connectivity index (χ0) is 11.7. The molecule has 4 nitrogen and oxygen atoms in total. The van der Waals surface area contributed by atoms with Crippen LogP contribution >= 0.6 is 0 Å². The highest BCUT2D eigenvalue weighted by Gasteiger charge is 2.08. The first-order chi connectivity index (χ1) is 7.56. The lowest BCUT2D eigenvalue weighted by Gasteiger charge is -2.08. The average molecular weight is 219 g/mol. The van der Waals surface area contributed by atoms with Crippen molar-refractivity contribution in [3.05, 3.63) is 30.0 Å². The van der Waals surface area contributed by atoms with Crippen LogP contribution in [0.25, 0.3) is 10.9 Å². The monoisotopic (exact) mass is 219 g/mol. The molecule has 16 heavy (non-hydrogen) atoms. The second-order valence-electron chi connectivity index (χ2n) is 3.90. The van der Waals surface area contributed by atoms with E-state index in [1.165, 1.54) is 0 Å². The number of carbonyl (C=O) groups is 1. The van der Waals surface area contributed by atoms with Gasteiger partial charge in [-0.1, -0.05) is 0 Å². The van der Waals surface area contributed by atoms with Gasteiger partial charge in [-0.25, -0.2) is 4.79 Å². The smallest absolute Gasteiger partial charge is 0.352 e. The number of hydrogen-bond donors (Lipinski definition) is 2. The van der Waals surface area contributed by atoms with Gasteiger partial charge in [-0.2, -0.15) is 0 Å². The molecule has 0 radical (unpaired) electrons. The summed E-state index contributed by atoms with van der Waals surface area (Å²) in [6.07, 6.45) is 0.103. The molecule has 2 N–H and O–H groups in total. The third kappa shape index (κ3) is 2.00. The molecule has 0 aliphatic rings. The summed E-state index contributed by atoms with van der Waals surface area (Å²) < 4.78 is 5.52. The number of carboxylic acids is 1. The number of carboxylic acid groups (broad SMARTS) is 1. The summed E-state index contributed by atoms with van der Waals surface area (Å²) in [6.45, 7) is 3.89. The van der Waals surface area contributed by atoms with Crippen molar-refractivity contribution in [3.63, 3.8) is 0 Å². The van der Waals surface area contributed by atoms with Gasteiger partial charge >= 0.3 is 5.97 Å². The minimum atomic E-state index is -0.956. The van der Waals surface area contributed by atoms with Crippen LogP contribution in [0.3, 0.4) is 0 Å². The van der Waals surface area contributed by atoms with E-state index in [4.69, 9.17) is 9.84 Å². The summed E-state index contributed by atoms with van der Waals surface area (Å²) in [7, 11) is 0. The van der Waals surface area contributed by atoms with Crippen molar-refractivity contribution in [1.82, 2.24) is 4.98 Å². The number of hydrogen-bond acceptors (Lipinski definition) is 2. The molecule has 0 bridgehead atoms. The number of H-pyrrole nitrogens is 1. The van der Waals surface area contributed by atoms with Gasteiger partial charge in [0.2, 0.25) is 0 Å². The van der Waals surface area contributed by atoms with Crippen molar-refractivity contribution in [2.45, 2.75) is 20.0 Å². The molecule has 0 saturated heterocycles. The lowest BCUT2D eigenvalue weighted by molar-refractivity contribution is 0.0691. The van der Waals surface area contributed by atoms with Crippen LogP contribution in [0.5, 0.6) is 5.75 Å². The highest BCUT2D eigenvalue weighted by Crippen LogP contribution is 2.22. The summed E-state index contributed by atoms with van der Waals surface area (Å²) in [5.74, 6) is -0.219. The molecule has 0 amide bonds. The zero-order valence-electron chi connectivity index (χ0n) is 9.15. The van der Waals surface area contributed by atoms with Crippen LogP contribution in [0.2, 0.25) is 0 Å². The van der Waals surface area contributed by atoms with Gasteiger partial charge in [0.05, 0.1) is 6.10 Å². The predicted octanol–water partition coefficient (Wildman–Crippen LogP) is 2.65. The number of aromatic nitrogens is 1. The minimum absolute atomic E-state index is 0.103. The molecule has 2 aromatic rings. The number of fused-ring (bicyclic) bond motifs is 1. The standard InChI is InChI=1S/C12H13NO3/c1-7(2)16-9-4-3-8-5-11(12(14)15)13-10(8)6-9/h3-7,13H,1-2H3,(H,14,15). The number of rotatable bonds is 3. The van der Waals surface area contributed by atoms with Crippen LogP contribution in [-0.4, -0.2) is 22.2 Å². The molecule has 0 fully saturated rings. The highest BCUT2D eigenvalue weighted by molar-refractivity contribution is 5.94. The van der Waals surface area contributed by atoms with E-state index in [-0.39, 0.29) is 11.8 Å². The first-order valence-corrected chi connectivity index (χ1v) is 5.09. The Labute approximate surface area is 92.9 Å². The third-order valence-electron chi connectivity index (χ3n) is 2.20. The Morgan fingerprint density at radius 2 is 2.12 bits per heavy atom. The number of benzene rings is 1. The second-order valence-corrected chi connectivity index (χ2v) is 3.90. The summed E-state index contributed by atoms with van der Waals surface area (Å²) in [4.78, 5) is 13.6. The van der Waals surface area contributed by atoms with E-state index in [2.05, 4.69) is 4.98 Å². The van der Waals surface area contributed by atoms with Crippen molar-refractivity contribution in [2.75, 3.05) is 0 Å². The molecule has 0 unspecified atom stereocenters. The predicted molar refractivity (Wildman–Crippen MR) is 61.0 cm³/mol. The van der Waals surface area contributed by atoms with Crippen molar-refractivity contribution in [1.29, 1.82) is 0 Å². The molecule has 84 valence electrons. The quantitative estimate of drug-likeness (QED) is 0.834. The molecule has 0 spiro atoms. The van der Waals surface area contributed by atoms with Crippen LogP contribution in [0.1, 0.15) is 24.3 Å². The van der Waals surface area contributed by atoms with E-state index in [9.17, 15) is 4.79 Å². The molecular formula is C12H13NO3. The fraction of sp³-hybridized carbons (Fsp3) is 0.250. The van der Waals surface area contributed by atoms with E-state index >= 15 is 0 Å².